The van der Waals surface area contributed by atoms with E-state index in [-0.39, 0.29) is 0 Å². The third-order valence-corrected chi connectivity index (χ3v) is 3.00. The standard InChI is InChI=1S/C13H13BrN2O/c1-9-3-2-4-10(13(9)17)7-15-11-5-6-12(14)16-8-11/h2-6,8,15,17H,7H2,1H3. The molecule has 0 aliphatic heterocycles. The van der Waals surface area contributed by atoms with Gasteiger partial charge >= 0.3 is 0 Å². The second-order valence-corrected chi connectivity index (χ2v) is 4.62. The minimum absolute atomic E-state index is 0.352. The predicted octanol–water partition coefficient (Wildman–Crippen LogP) is 3.47. The van der Waals surface area contributed by atoms with E-state index in [2.05, 4.69) is 26.2 Å². The summed E-state index contributed by atoms with van der Waals surface area (Å²) < 4.78 is 0.807. The number of benzene rings is 1. The Labute approximate surface area is 109 Å². The lowest BCUT2D eigenvalue weighted by molar-refractivity contribution is 0.465. The van der Waals surface area contributed by atoms with E-state index in [1.165, 1.54) is 0 Å². The van der Waals surface area contributed by atoms with Crippen LogP contribution in [0.3, 0.4) is 0 Å². The zero-order valence-electron chi connectivity index (χ0n) is 9.44. The van der Waals surface area contributed by atoms with E-state index in [4.69, 9.17) is 0 Å². The van der Waals surface area contributed by atoms with Gasteiger partial charge in [0.1, 0.15) is 10.4 Å². The fourth-order valence-electron chi connectivity index (χ4n) is 1.54. The molecule has 0 aliphatic carbocycles. The van der Waals surface area contributed by atoms with Gasteiger partial charge in [-0.2, -0.15) is 0 Å². The summed E-state index contributed by atoms with van der Waals surface area (Å²) in [5.74, 6) is 0.352. The molecule has 1 aromatic carbocycles. The van der Waals surface area contributed by atoms with Crippen molar-refractivity contribution in [1.29, 1.82) is 0 Å². The van der Waals surface area contributed by atoms with Crippen molar-refractivity contribution in [2.24, 2.45) is 0 Å². The number of nitrogens with zero attached hydrogens (tertiary/aromatic N) is 1. The summed E-state index contributed by atoms with van der Waals surface area (Å²) in [7, 11) is 0. The van der Waals surface area contributed by atoms with E-state index in [1.54, 1.807) is 6.20 Å². The maximum Gasteiger partial charge on any atom is 0.123 e. The molecular formula is C13H13BrN2O. The molecule has 0 saturated carbocycles. The molecule has 0 unspecified atom stereocenters. The zero-order valence-corrected chi connectivity index (χ0v) is 11.0. The Bertz CT molecular complexity index is 511. The smallest absolute Gasteiger partial charge is 0.123 e. The number of anilines is 1. The van der Waals surface area contributed by atoms with Gasteiger partial charge < -0.3 is 10.4 Å². The largest absolute Gasteiger partial charge is 0.507 e. The molecule has 1 aromatic heterocycles. The molecule has 2 rings (SSSR count). The number of phenolic OH excluding ortho intramolecular Hbond substituents is 1. The van der Waals surface area contributed by atoms with Crippen LogP contribution in [0.25, 0.3) is 0 Å². The monoisotopic (exact) mass is 292 g/mol. The highest BCUT2D eigenvalue weighted by Gasteiger charge is 2.03. The van der Waals surface area contributed by atoms with Gasteiger partial charge in [0, 0.05) is 12.1 Å². The molecule has 0 fully saturated rings. The number of aromatic nitrogens is 1. The summed E-state index contributed by atoms with van der Waals surface area (Å²) in [6, 6.07) is 9.54. The Kier molecular flexibility index (Phi) is 3.64. The molecule has 0 radical (unpaired) electrons. The summed E-state index contributed by atoms with van der Waals surface area (Å²) in [5.41, 5.74) is 2.69. The van der Waals surface area contributed by atoms with E-state index in [1.807, 2.05) is 37.3 Å². The van der Waals surface area contributed by atoms with Crippen molar-refractivity contribution in [2.75, 3.05) is 5.32 Å². The fraction of sp³-hybridized carbons (Fsp3) is 0.154. The number of phenols is 1. The third kappa shape index (κ3) is 2.97. The number of hydrogen-bond acceptors (Lipinski definition) is 3. The Morgan fingerprint density at radius 1 is 1.29 bits per heavy atom. The first kappa shape index (κ1) is 11.9. The van der Waals surface area contributed by atoms with Gasteiger partial charge in [0.05, 0.1) is 11.9 Å². The molecule has 0 spiro atoms. The Balaban J connectivity index is 2.07. The first-order chi connectivity index (χ1) is 8.16. The maximum atomic E-state index is 9.86. The number of rotatable bonds is 3. The maximum absolute atomic E-state index is 9.86. The van der Waals surface area contributed by atoms with E-state index in [0.717, 1.165) is 21.4 Å². The van der Waals surface area contributed by atoms with Crippen LogP contribution in [0.2, 0.25) is 0 Å². The Morgan fingerprint density at radius 2 is 2.12 bits per heavy atom. The van der Waals surface area contributed by atoms with E-state index in [0.29, 0.717) is 12.3 Å². The van der Waals surface area contributed by atoms with Gasteiger partial charge in [0.25, 0.3) is 0 Å². The number of para-hydroxylation sites is 1. The molecule has 2 N–H and O–H groups in total. The minimum Gasteiger partial charge on any atom is -0.507 e. The van der Waals surface area contributed by atoms with Gasteiger partial charge in [0.15, 0.2) is 0 Å². The molecule has 3 nitrogen and oxygen atoms in total. The average Bonchev–Trinajstić information content (AvgIpc) is 2.33. The number of pyridine rings is 1. The summed E-state index contributed by atoms with van der Waals surface area (Å²) in [6.45, 7) is 2.47. The van der Waals surface area contributed by atoms with Crippen molar-refractivity contribution < 1.29 is 5.11 Å². The van der Waals surface area contributed by atoms with Gasteiger partial charge in [0.2, 0.25) is 0 Å². The van der Waals surface area contributed by atoms with Crippen molar-refractivity contribution in [2.45, 2.75) is 13.5 Å². The van der Waals surface area contributed by atoms with E-state index in [9.17, 15) is 5.11 Å². The van der Waals surface area contributed by atoms with Crippen LogP contribution in [0, 0.1) is 6.92 Å². The molecule has 0 bridgehead atoms. The normalized spacial score (nSPS) is 10.2. The van der Waals surface area contributed by atoms with Crippen LogP contribution in [0.5, 0.6) is 5.75 Å². The van der Waals surface area contributed by atoms with E-state index >= 15 is 0 Å². The number of aryl methyl sites for hydroxylation is 1. The highest BCUT2D eigenvalue weighted by Crippen LogP contribution is 2.22. The predicted molar refractivity (Wildman–Crippen MR) is 72.1 cm³/mol. The summed E-state index contributed by atoms with van der Waals surface area (Å²) >= 11 is 3.28. The van der Waals surface area contributed by atoms with E-state index < -0.39 is 0 Å². The van der Waals surface area contributed by atoms with Gasteiger partial charge in [-0.15, -0.1) is 0 Å². The Morgan fingerprint density at radius 3 is 2.82 bits per heavy atom. The highest BCUT2D eigenvalue weighted by molar-refractivity contribution is 9.10. The Hall–Kier alpha value is -1.55. The second kappa shape index (κ2) is 5.19. The van der Waals surface area contributed by atoms with Crippen molar-refractivity contribution in [3.05, 3.63) is 52.3 Å². The molecule has 0 atom stereocenters. The number of aromatic hydroxyl groups is 1. The molecule has 0 saturated heterocycles. The molecule has 88 valence electrons. The minimum atomic E-state index is 0.352. The van der Waals surface area contributed by atoms with Crippen LogP contribution in [-0.4, -0.2) is 10.1 Å². The molecular weight excluding hydrogens is 280 g/mol. The van der Waals surface area contributed by atoms with Crippen LogP contribution >= 0.6 is 15.9 Å². The average molecular weight is 293 g/mol. The van der Waals surface area contributed by atoms with Crippen molar-refractivity contribution in [3.8, 4) is 5.75 Å². The lowest BCUT2D eigenvalue weighted by Crippen LogP contribution is -2.00. The summed E-state index contributed by atoms with van der Waals surface area (Å²) in [4.78, 5) is 4.12. The second-order valence-electron chi connectivity index (χ2n) is 3.81. The van der Waals surface area contributed by atoms with Gasteiger partial charge in [-0.3, -0.25) is 0 Å². The lowest BCUT2D eigenvalue weighted by Gasteiger charge is -2.09. The quantitative estimate of drug-likeness (QED) is 0.852. The molecule has 4 heteroatoms. The summed E-state index contributed by atoms with van der Waals surface area (Å²) in [6.07, 6.45) is 1.75. The van der Waals surface area contributed by atoms with Crippen LogP contribution in [-0.2, 0) is 6.54 Å². The topological polar surface area (TPSA) is 45.2 Å². The first-order valence-electron chi connectivity index (χ1n) is 5.29. The van der Waals surface area contributed by atoms with Crippen LogP contribution < -0.4 is 5.32 Å². The third-order valence-electron chi connectivity index (χ3n) is 2.53. The highest BCUT2D eigenvalue weighted by atomic mass is 79.9. The van der Waals surface area contributed by atoms with Crippen LogP contribution in [0.4, 0.5) is 5.69 Å². The van der Waals surface area contributed by atoms with Gasteiger partial charge in [-0.1, -0.05) is 18.2 Å². The molecule has 1 heterocycles. The molecule has 0 aliphatic rings. The zero-order chi connectivity index (χ0) is 12.3. The first-order valence-corrected chi connectivity index (χ1v) is 6.09. The van der Waals surface area contributed by atoms with Gasteiger partial charge in [-0.25, -0.2) is 4.98 Å². The van der Waals surface area contributed by atoms with Crippen LogP contribution in [0.15, 0.2) is 41.1 Å². The molecule has 17 heavy (non-hydrogen) atoms. The van der Waals surface area contributed by atoms with Crippen molar-refractivity contribution >= 4 is 21.6 Å². The lowest BCUT2D eigenvalue weighted by atomic mass is 10.1. The number of halogens is 1. The summed E-state index contributed by atoms with van der Waals surface area (Å²) in [5, 5.41) is 13.1. The number of nitrogens with one attached hydrogen (secondary N) is 1. The molecule has 0 amide bonds. The van der Waals surface area contributed by atoms with Gasteiger partial charge in [-0.05, 0) is 40.5 Å². The van der Waals surface area contributed by atoms with Crippen molar-refractivity contribution in [1.82, 2.24) is 4.98 Å². The fourth-order valence-corrected chi connectivity index (χ4v) is 1.77. The molecule has 2 aromatic rings. The number of hydrogen-bond donors (Lipinski definition) is 2. The van der Waals surface area contributed by atoms with Crippen molar-refractivity contribution in [3.63, 3.8) is 0 Å². The van der Waals surface area contributed by atoms with Crippen LogP contribution in [0.1, 0.15) is 11.1 Å². The SMILES string of the molecule is Cc1cccc(CNc2ccc(Br)nc2)c1O.